The van der Waals surface area contributed by atoms with Gasteiger partial charge in [-0.2, -0.15) is 5.10 Å². The lowest BCUT2D eigenvalue weighted by Gasteiger charge is -2.36. The second-order valence-electron chi connectivity index (χ2n) is 9.49. The molecule has 200 valence electrons. The SMILES string of the molecule is CO[C@@H](C(=O)N1CCN(c2ccc(-c3cc(OCCF)cn4nc5c(c34)C=NC5)cn2)CC1)c1ccccc1. The summed E-state index contributed by atoms with van der Waals surface area (Å²) in [5.41, 5.74) is 5.46. The molecule has 0 unspecified atom stereocenters. The van der Waals surface area contributed by atoms with Gasteiger partial charge in [-0.3, -0.25) is 9.79 Å². The summed E-state index contributed by atoms with van der Waals surface area (Å²) >= 11 is 0. The molecule has 0 bridgehead atoms. The molecule has 1 saturated heterocycles. The molecule has 6 rings (SSSR count). The Morgan fingerprint density at radius 3 is 2.64 bits per heavy atom. The van der Waals surface area contributed by atoms with Crippen LogP contribution in [0.2, 0.25) is 0 Å². The number of carbonyl (C=O) groups is 1. The van der Waals surface area contributed by atoms with Gasteiger partial charge in [-0.1, -0.05) is 30.3 Å². The summed E-state index contributed by atoms with van der Waals surface area (Å²) in [5, 5.41) is 4.65. The maximum absolute atomic E-state index is 13.2. The van der Waals surface area contributed by atoms with Crippen LogP contribution in [0, 0.1) is 0 Å². The number of anilines is 1. The Hall–Kier alpha value is -4.31. The number of hydrogen-bond acceptors (Lipinski definition) is 7. The highest BCUT2D eigenvalue weighted by Gasteiger charge is 2.29. The van der Waals surface area contributed by atoms with Crippen molar-refractivity contribution in [3.63, 3.8) is 0 Å². The molecule has 4 aromatic rings. The number of benzene rings is 1. The summed E-state index contributed by atoms with van der Waals surface area (Å²) in [4.78, 5) is 26.3. The van der Waals surface area contributed by atoms with Crippen LogP contribution >= 0.6 is 0 Å². The van der Waals surface area contributed by atoms with Crippen molar-refractivity contribution < 1.29 is 18.7 Å². The third kappa shape index (κ3) is 4.83. The molecule has 10 heteroatoms. The van der Waals surface area contributed by atoms with Crippen molar-refractivity contribution in [1.82, 2.24) is 19.5 Å². The van der Waals surface area contributed by atoms with Gasteiger partial charge in [-0.15, -0.1) is 0 Å². The van der Waals surface area contributed by atoms with Gasteiger partial charge in [0.25, 0.3) is 5.91 Å². The van der Waals surface area contributed by atoms with E-state index in [1.165, 1.54) is 0 Å². The number of rotatable bonds is 8. The van der Waals surface area contributed by atoms with Crippen molar-refractivity contribution in [2.24, 2.45) is 4.99 Å². The number of fused-ring (bicyclic) bond motifs is 3. The van der Waals surface area contributed by atoms with E-state index in [1.807, 2.05) is 65.8 Å². The Labute approximate surface area is 225 Å². The summed E-state index contributed by atoms with van der Waals surface area (Å²) in [6.45, 7) is 2.48. The molecule has 0 aliphatic carbocycles. The zero-order valence-electron chi connectivity index (χ0n) is 21.7. The molecule has 0 saturated carbocycles. The number of aromatic nitrogens is 3. The number of hydrogen-bond donors (Lipinski definition) is 0. The van der Waals surface area contributed by atoms with E-state index in [9.17, 15) is 9.18 Å². The molecule has 1 aromatic carbocycles. The molecule has 5 heterocycles. The van der Waals surface area contributed by atoms with Gasteiger partial charge in [0.1, 0.15) is 24.8 Å². The van der Waals surface area contributed by atoms with E-state index >= 15 is 0 Å². The largest absolute Gasteiger partial charge is 0.489 e. The number of halogens is 1. The minimum atomic E-state index is -0.605. The van der Waals surface area contributed by atoms with E-state index < -0.39 is 12.8 Å². The zero-order valence-corrected chi connectivity index (χ0v) is 21.7. The smallest absolute Gasteiger partial charge is 0.256 e. The Morgan fingerprint density at radius 2 is 1.92 bits per heavy atom. The van der Waals surface area contributed by atoms with E-state index in [2.05, 4.69) is 15.0 Å². The summed E-state index contributed by atoms with van der Waals surface area (Å²) in [7, 11) is 1.57. The molecule has 39 heavy (non-hydrogen) atoms. The molecule has 9 nitrogen and oxygen atoms in total. The van der Waals surface area contributed by atoms with Crippen molar-refractivity contribution in [1.29, 1.82) is 0 Å². The standard InChI is InChI=1S/C29H29FN6O3/c1-38-28(20-5-3-2-4-6-20)29(37)35-12-10-34(11-13-35)26-8-7-21(16-32-26)23-15-22(39-14-9-30)19-36-27(23)24-17-31-18-25(24)33-36/h2-8,15-17,19,28H,9-14,18H2,1H3/t28-/m1/s1. The van der Waals surface area contributed by atoms with Gasteiger partial charge >= 0.3 is 0 Å². The van der Waals surface area contributed by atoms with E-state index in [1.54, 1.807) is 17.8 Å². The zero-order chi connectivity index (χ0) is 26.8. The van der Waals surface area contributed by atoms with Crippen LogP contribution in [0.5, 0.6) is 5.75 Å². The molecule has 2 aliphatic rings. The van der Waals surface area contributed by atoms with Gasteiger partial charge in [0, 0.05) is 62.4 Å². The lowest BCUT2D eigenvalue weighted by atomic mass is 10.0. The van der Waals surface area contributed by atoms with Gasteiger partial charge in [0.2, 0.25) is 0 Å². The molecule has 2 aliphatic heterocycles. The first-order chi connectivity index (χ1) is 19.2. The Bertz CT molecular complexity index is 1500. The maximum atomic E-state index is 13.2. The molecule has 0 radical (unpaired) electrons. The van der Waals surface area contributed by atoms with Crippen molar-refractivity contribution in [2.45, 2.75) is 12.6 Å². The fourth-order valence-corrected chi connectivity index (χ4v) is 5.22. The van der Waals surface area contributed by atoms with Crippen LogP contribution in [0.15, 0.2) is 65.9 Å². The number of nitrogens with zero attached hydrogens (tertiary/aromatic N) is 6. The van der Waals surface area contributed by atoms with Crippen LogP contribution in [-0.4, -0.2) is 78.2 Å². The van der Waals surface area contributed by atoms with Gasteiger partial charge in [-0.25, -0.2) is 13.9 Å². The van der Waals surface area contributed by atoms with Crippen molar-refractivity contribution in [3.8, 4) is 16.9 Å². The molecule has 0 N–H and O–H groups in total. The van der Waals surface area contributed by atoms with Gasteiger partial charge in [-0.05, 0) is 23.8 Å². The van der Waals surface area contributed by atoms with Crippen molar-refractivity contribution in [3.05, 3.63) is 77.7 Å². The molecule has 0 spiro atoms. The van der Waals surface area contributed by atoms with Crippen LogP contribution in [0.25, 0.3) is 16.6 Å². The lowest BCUT2D eigenvalue weighted by Crippen LogP contribution is -2.50. The fraction of sp³-hybridized carbons (Fsp3) is 0.310. The first kappa shape index (κ1) is 25.0. The van der Waals surface area contributed by atoms with Crippen LogP contribution in [-0.2, 0) is 16.1 Å². The normalized spacial score (nSPS) is 15.5. The Kier molecular flexibility index (Phi) is 6.93. The van der Waals surface area contributed by atoms with E-state index in [-0.39, 0.29) is 12.5 Å². The topological polar surface area (TPSA) is 84.6 Å². The molecule has 1 fully saturated rings. The Balaban J connectivity index is 1.19. The summed E-state index contributed by atoms with van der Waals surface area (Å²) in [6.07, 6.45) is 4.85. The quantitative estimate of drug-likeness (QED) is 0.347. The highest BCUT2D eigenvalue weighted by atomic mass is 19.1. The molecular formula is C29H29FN6O3. The fourth-order valence-electron chi connectivity index (χ4n) is 5.22. The van der Waals surface area contributed by atoms with E-state index in [0.29, 0.717) is 38.5 Å². The minimum Gasteiger partial charge on any atom is -0.489 e. The minimum absolute atomic E-state index is 0.0183. The third-order valence-electron chi connectivity index (χ3n) is 7.16. The number of ether oxygens (including phenoxy) is 2. The second-order valence-corrected chi connectivity index (χ2v) is 9.49. The maximum Gasteiger partial charge on any atom is 0.256 e. The monoisotopic (exact) mass is 528 g/mol. The van der Waals surface area contributed by atoms with Gasteiger partial charge in [0.15, 0.2) is 6.10 Å². The van der Waals surface area contributed by atoms with Crippen LogP contribution in [0.4, 0.5) is 10.2 Å². The number of methoxy groups -OCH3 is 1. The highest BCUT2D eigenvalue weighted by Crippen LogP contribution is 2.33. The summed E-state index contributed by atoms with van der Waals surface area (Å²) in [5.74, 6) is 1.36. The third-order valence-corrected chi connectivity index (χ3v) is 7.16. The average Bonchev–Trinajstić information content (AvgIpc) is 3.58. The Morgan fingerprint density at radius 1 is 1.10 bits per heavy atom. The van der Waals surface area contributed by atoms with E-state index in [4.69, 9.17) is 14.5 Å². The summed E-state index contributed by atoms with van der Waals surface area (Å²) < 4.78 is 25.7. The highest BCUT2D eigenvalue weighted by molar-refractivity contribution is 5.99. The van der Waals surface area contributed by atoms with Crippen LogP contribution in [0.1, 0.15) is 22.9 Å². The van der Waals surface area contributed by atoms with Crippen LogP contribution in [0.3, 0.4) is 0 Å². The first-order valence-electron chi connectivity index (χ1n) is 13.0. The number of piperazine rings is 1. The number of pyridine rings is 2. The van der Waals surface area contributed by atoms with Crippen molar-refractivity contribution in [2.75, 3.05) is 51.5 Å². The second kappa shape index (κ2) is 10.8. The molecular weight excluding hydrogens is 499 g/mol. The average molecular weight is 529 g/mol. The lowest BCUT2D eigenvalue weighted by molar-refractivity contribution is -0.142. The molecule has 1 amide bonds. The number of amides is 1. The number of carbonyl (C=O) groups excluding carboxylic acids is 1. The first-order valence-corrected chi connectivity index (χ1v) is 13.0. The molecule has 3 aromatic heterocycles. The van der Waals surface area contributed by atoms with Crippen LogP contribution < -0.4 is 9.64 Å². The van der Waals surface area contributed by atoms with Gasteiger partial charge in [0.05, 0.1) is 24.0 Å². The summed E-state index contributed by atoms with van der Waals surface area (Å²) in [6, 6.07) is 15.5. The predicted octanol–water partition coefficient (Wildman–Crippen LogP) is 3.71. The predicted molar refractivity (Wildman–Crippen MR) is 146 cm³/mol. The van der Waals surface area contributed by atoms with Gasteiger partial charge < -0.3 is 19.3 Å². The number of aliphatic imine (C=N–C) groups is 1. The number of alkyl halides is 1. The van der Waals surface area contributed by atoms with Crippen molar-refractivity contribution >= 4 is 23.5 Å². The van der Waals surface area contributed by atoms with E-state index in [0.717, 1.165) is 39.3 Å². The molecule has 1 atom stereocenters.